The number of carbonyl (C=O) groups excluding carboxylic acids is 1. The van der Waals surface area contributed by atoms with Crippen LogP contribution in [0.4, 0.5) is 0 Å². The molecule has 0 aromatic carbocycles. The van der Waals surface area contributed by atoms with Crippen LogP contribution < -0.4 is 0 Å². The van der Waals surface area contributed by atoms with E-state index in [-0.39, 0.29) is 18.4 Å². The maximum absolute atomic E-state index is 12.7. The van der Waals surface area contributed by atoms with Gasteiger partial charge in [0.15, 0.2) is 0 Å². The van der Waals surface area contributed by atoms with Crippen molar-refractivity contribution in [3.05, 3.63) is 36.2 Å². The molecule has 2 aromatic rings. The van der Waals surface area contributed by atoms with E-state index >= 15 is 0 Å². The summed E-state index contributed by atoms with van der Waals surface area (Å²) in [7, 11) is 0. The van der Waals surface area contributed by atoms with Gasteiger partial charge in [0.2, 0.25) is 0 Å². The van der Waals surface area contributed by atoms with Crippen molar-refractivity contribution in [2.75, 3.05) is 6.54 Å². The van der Waals surface area contributed by atoms with Crippen molar-refractivity contribution in [2.24, 2.45) is 0 Å². The molecule has 0 saturated heterocycles. The highest BCUT2D eigenvalue weighted by Gasteiger charge is 2.21. The van der Waals surface area contributed by atoms with Crippen LogP contribution in [0.15, 0.2) is 30.6 Å². The summed E-state index contributed by atoms with van der Waals surface area (Å²) < 4.78 is 1.66. The second-order valence-corrected chi connectivity index (χ2v) is 5.18. The summed E-state index contributed by atoms with van der Waals surface area (Å²) in [5.41, 5.74) is 1.30. The molecule has 0 radical (unpaired) electrons. The Morgan fingerprint density at radius 2 is 2.14 bits per heavy atom. The molecule has 0 aliphatic heterocycles. The Kier molecular flexibility index (Phi) is 4.57. The number of hydrogen-bond donors (Lipinski definition) is 1. The number of carboxylic acids is 1. The number of nitrogens with zero attached hydrogens (tertiary/aromatic N) is 3. The monoisotopic (exact) mass is 289 g/mol. The Morgan fingerprint density at radius 1 is 1.38 bits per heavy atom. The maximum atomic E-state index is 12.7. The number of amides is 1. The number of carbonyl (C=O) groups is 2. The highest BCUT2D eigenvalue weighted by Crippen LogP contribution is 2.15. The van der Waals surface area contributed by atoms with E-state index in [1.54, 1.807) is 21.8 Å². The topological polar surface area (TPSA) is 74.9 Å². The van der Waals surface area contributed by atoms with Gasteiger partial charge in [-0.2, -0.15) is 5.10 Å². The minimum absolute atomic E-state index is 0.00459. The fourth-order valence-corrected chi connectivity index (χ4v) is 2.25. The van der Waals surface area contributed by atoms with Gasteiger partial charge >= 0.3 is 5.97 Å². The first-order valence-corrected chi connectivity index (χ1v) is 6.96. The van der Waals surface area contributed by atoms with Crippen LogP contribution in [0.25, 0.3) is 5.52 Å². The molecule has 1 N–H and O–H groups in total. The molecule has 0 saturated carbocycles. The third kappa shape index (κ3) is 3.39. The van der Waals surface area contributed by atoms with Gasteiger partial charge in [0, 0.05) is 25.2 Å². The van der Waals surface area contributed by atoms with E-state index in [0.29, 0.717) is 18.5 Å². The van der Waals surface area contributed by atoms with E-state index in [0.717, 1.165) is 5.52 Å². The van der Waals surface area contributed by atoms with Gasteiger partial charge in [-0.15, -0.1) is 0 Å². The van der Waals surface area contributed by atoms with Crippen molar-refractivity contribution in [2.45, 2.75) is 32.7 Å². The summed E-state index contributed by atoms with van der Waals surface area (Å²) in [6.07, 6.45) is 3.85. The fraction of sp³-hybridized carbons (Fsp3) is 0.400. The van der Waals surface area contributed by atoms with Gasteiger partial charge in [0.05, 0.1) is 17.3 Å². The zero-order valence-corrected chi connectivity index (χ0v) is 12.2. The molecular formula is C15H19N3O3. The molecule has 0 spiro atoms. The Morgan fingerprint density at radius 3 is 2.81 bits per heavy atom. The maximum Gasteiger partial charge on any atom is 0.303 e. The predicted molar refractivity (Wildman–Crippen MR) is 78.2 cm³/mol. The summed E-state index contributed by atoms with van der Waals surface area (Å²) in [5.74, 6) is -0.960. The number of carboxylic acid groups (broad SMARTS) is 1. The third-order valence-corrected chi connectivity index (χ3v) is 3.33. The fourth-order valence-electron chi connectivity index (χ4n) is 2.25. The van der Waals surface area contributed by atoms with E-state index in [1.807, 2.05) is 32.0 Å². The van der Waals surface area contributed by atoms with E-state index < -0.39 is 5.97 Å². The molecule has 0 aliphatic carbocycles. The average Bonchev–Trinajstić information content (AvgIpc) is 2.86. The summed E-state index contributed by atoms with van der Waals surface area (Å²) >= 11 is 0. The highest BCUT2D eigenvalue weighted by atomic mass is 16.4. The molecule has 6 heteroatoms. The lowest BCUT2D eigenvalue weighted by molar-refractivity contribution is -0.137. The molecule has 21 heavy (non-hydrogen) atoms. The summed E-state index contributed by atoms with van der Waals surface area (Å²) in [4.78, 5) is 25.0. The van der Waals surface area contributed by atoms with Crippen LogP contribution in [-0.2, 0) is 4.79 Å². The standard InChI is InChI=1S/C15H19N3O3/c1-11(2)17(8-5-7-14(19)20)15(21)12-10-16-18-9-4-3-6-13(12)18/h3-4,6,9-11H,5,7-8H2,1-2H3,(H,19,20). The zero-order valence-electron chi connectivity index (χ0n) is 12.2. The molecule has 112 valence electrons. The van der Waals surface area contributed by atoms with E-state index in [9.17, 15) is 9.59 Å². The van der Waals surface area contributed by atoms with Crippen LogP contribution >= 0.6 is 0 Å². The van der Waals surface area contributed by atoms with Crippen LogP contribution in [0, 0.1) is 0 Å². The second-order valence-electron chi connectivity index (χ2n) is 5.18. The highest BCUT2D eigenvalue weighted by molar-refractivity contribution is 6.00. The summed E-state index contributed by atoms with van der Waals surface area (Å²) in [6.45, 7) is 4.27. The van der Waals surface area contributed by atoms with Crippen LogP contribution in [0.3, 0.4) is 0 Å². The van der Waals surface area contributed by atoms with Crippen molar-refractivity contribution in [3.8, 4) is 0 Å². The van der Waals surface area contributed by atoms with Crippen molar-refractivity contribution in [3.63, 3.8) is 0 Å². The number of aromatic nitrogens is 2. The lowest BCUT2D eigenvalue weighted by Gasteiger charge is -2.26. The summed E-state index contributed by atoms with van der Waals surface area (Å²) in [6, 6.07) is 5.56. The largest absolute Gasteiger partial charge is 0.481 e. The minimum Gasteiger partial charge on any atom is -0.481 e. The molecule has 0 fully saturated rings. The second kappa shape index (κ2) is 6.39. The quantitative estimate of drug-likeness (QED) is 0.883. The van der Waals surface area contributed by atoms with Crippen LogP contribution in [0.5, 0.6) is 0 Å². The molecule has 2 heterocycles. The number of aliphatic carboxylic acids is 1. The number of rotatable bonds is 6. The van der Waals surface area contributed by atoms with Crippen LogP contribution in [-0.4, -0.2) is 44.1 Å². The minimum atomic E-state index is -0.845. The number of fused-ring (bicyclic) bond motifs is 1. The van der Waals surface area contributed by atoms with Crippen molar-refractivity contribution >= 4 is 17.4 Å². The molecular weight excluding hydrogens is 270 g/mol. The van der Waals surface area contributed by atoms with Crippen LogP contribution in [0.1, 0.15) is 37.0 Å². The smallest absolute Gasteiger partial charge is 0.303 e. The predicted octanol–water partition coefficient (Wildman–Crippen LogP) is 2.05. The first kappa shape index (κ1) is 15.0. The zero-order chi connectivity index (χ0) is 15.4. The lowest BCUT2D eigenvalue weighted by Crippen LogP contribution is -2.37. The Balaban J connectivity index is 2.20. The van der Waals surface area contributed by atoms with E-state index in [4.69, 9.17) is 5.11 Å². The molecule has 0 aliphatic rings. The summed E-state index contributed by atoms with van der Waals surface area (Å²) in [5, 5.41) is 12.9. The molecule has 6 nitrogen and oxygen atoms in total. The SMILES string of the molecule is CC(C)N(CCCC(=O)O)C(=O)c1cnn2ccccc12. The lowest BCUT2D eigenvalue weighted by atomic mass is 10.2. The first-order chi connectivity index (χ1) is 10.0. The van der Waals surface area contributed by atoms with Gasteiger partial charge in [-0.3, -0.25) is 9.59 Å². The number of pyridine rings is 1. The van der Waals surface area contributed by atoms with Gasteiger partial charge in [-0.1, -0.05) is 6.07 Å². The molecule has 0 unspecified atom stereocenters. The van der Waals surface area contributed by atoms with Gasteiger partial charge in [0.25, 0.3) is 5.91 Å². The van der Waals surface area contributed by atoms with Crippen molar-refractivity contribution < 1.29 is 14.7 Å². The molecule has 0 atom stereocenters. The molecule has 1 amide bonds. The van der Waals surface area contributed by atoms with Crippen molar-refractivity contribution in [1.82, 2.24) is 14.5 Å². The van der Waals surface area contributed by atoms with E-state index in [1.165, 1.54) is 0 Å². The molecule has 0 bridgehead atoms. The van der Waals surface area contributed by atoms with E-state index in [2.05, 4.69) is 5.10 Å². The Labute approximate surface area is 123 Å². The Hall–Kier alpha value is -2.37. The third-order valence-electron chi connectivity index (χ3n) is 3.33. The number of hydrogen-bond acceptors (Lipinski definition) is 3. The Bertz CT molecular complexity index is 648. The molecule has 2 aromatic heterocycles. The van der Waals surface area contributed by atoms with Gasteiger partial charge < -0.3 is 10.0 Å². The normalized spacial score (nSPS) is 11.0. The van der Waals surface area contributed by atoms with Crippen molar-refractivity contribution in [1.29, 1.82) is 0 Å². The van der Waals surface area contributed by atoms with Gasteiger partial charge in [-0.25, -0.2) is 4.52 Å². The first-order valence-electron chi connectivity index (χ1n) is 6.96. The average molecular weight is 289 g/mol. The van der Waals surface area contributed by atoms with Gasteiger partial charge in [-0.05, 0) is 32.4 Å². The molecule has 2 rings (SSSR count). The van der Waals surface area contributed by atoms with Crippen LogP contribution in [0.2, 0.25) is 0 Å². The van der Waals surface area contributed by atoms with Gasteiger partial charge in [0.1, 0.15) is 0 Å².